The molecule has 3 heterocycles. The van der Waals surface area contributed by atoms with Gasteiger partial charge in [-0.05, 0) is 29.8 Å². The Hall–Kier alpha value is -3.99. The van der Waals surface area contributed by atoms with Gasteiger partial charge in [0.05, 0.1) is 24.3 Å². The number of ether oxygens (including phenoxy) is 2. The lowest BCUT2D eigenvalue weighted by Crippen LogP contribution is -2.21. The lowest BCUT2D eigenvalue weighted by atomic mass is 9.83. The van der Waals surface area contributed by atoms with Crippen LogP contribution in [0.5, 0.6) is 17.4 Å². The standard InChI is InChI=1S/C19H15N5O3/c1-26-14-8-11(2-3-13(14)25)15-12(9-20)18(21)27-19-16(15)17(23-24-19)10-4-6-22-7-5-10/h2-8,15,25H,21H2,1H3,(H,23,24). The zero-order valence-electron chi connectivity index (χ0n) is 14.3. The predicted molar refractivity (Wildman–Crippen MR) is 95.8 cm³/mol. The highest BCUT2D eigenvalue weighted by Gasteiger charge is 2.35. The summed E-state index contributed by atoms with van der Waals surface area (Å²) in [4.78, 5) is 4.03. The zero-order chi connectivity index (χ0) is 19.0. The van der Waals surface area contributed by atoms with Crippen molar-refractivity contribution in [1.82, 2.24) is 15.2 Å². The number of aromatic hydroxyl groups is 1. The molecule has 2 aromatic heterocycles. The molecule has 8 nitrogen and oxygen atoms in total. The van der Waals surface area contributed by atoms with Crippen LogP contribution in [-0.4, -0.2) is 27.4 Å². The summed E-state index contributed by atoms with van der Waals surface area (Å²) in [6.07, 6.45) is 3.33. The van der Waals surface area contributed by atoms with Gasteiger partial charge in [0.25, 0.3) is 0 Å². The van der Waals surface area contributed by atoms with Gasteiger partial charge in [-0.3, -0.25) is 10.1 Å². The Morgan fingerprint density at radius 3 is 2.78 bits per heavy atom. The number of hydrogen-bond donors (Lipinski definition) is 3. The maximum absolute atomic E-state index is 9.92. The number of phenols is 1. The normalized spacial score (nSPS) is 15.6. The highest BCUT2D eigenvalue weighted by atomic mass is 16.5. The molecule has 8 heteroatoms. The number of aromatic nitrogens is 3. The van der Waals surface area contributed by atoms with Crippen molar-refractivity contribution in [2.45, 2.75) is 5.92 Å². The van der Waals surface area contributed by atoms with Crippen LogP contribution < -0.4 is 15.2 Å². The molecule has 1 atom stereocenters. The number of nitrogens with two attached hydrogens (primary N) is 1. The van der Waals surface area contributed by atoms with E-state index in [0.717, 1.165) is 5.56 Å². The lowest BCUT2D eigenvalue weighted by Gasteiger charge is -2.24. The molecule has 1 aliphatic heterocycles. The summed E-state index contributed by atoms with van der Waals surface area (Å²) < 4.78 is 10.8. The molecule has 1 aromatic carbocycles. The largest absolute Gasteiger partial charge is 0.504 e. The summed E-state index contributed by atoms with van der Waals surface area (Å²) in [5.74, 6) is 0.0660. The minimum absolute atomic E-state index is 0.00480. The van der Waals surface area contributed by atoms with Crippen LogP contribution in [0, 0.1) is 11.3 Å². The molecule has 0 fully saturated rings. The van der Waals surface area contributed by atoms with E-state index in [1.807, 2.05) is 12.1 Å². The third kappa shape index (κ3) is 2.62. The molecule has 0 saturated heterocycles. The van der Waals surface area contributed by atoms with Gasteiger partial charge in [-0.15, -0.1) is 5.10 Å². The van der Waals surface area contributed by atoms with Gasteiger partial charge in [0, 0.05) is 18.0 Å². The minimum Gasteiger partial charge on any atom is -0.504 e. The van der Waals surface area contributed by atoms with E-state index < -0.39 is 5.92 Å². The topological polar surface area (TPSA) is 130 Å². The second-order valence-electron chi connectivity index (χ2n) is 5.91. The third-order valence-electron chi connectivity index (χ3n) is 4.44. The third-order valence-corrected chi connectivity index (χ3v) is 4.44. The fraction of sp³-hybridized carbons (Fsp3) is 0.105. The number of H-pyrrole nitrogens is 1. The number of allylic oxidation sites excluding steroid dienone is 1. The van der Waals surface area contributed by atoms with Crippen molar-refractivity contribution in [3.8, 4) is 34.7 Å². The number of nitrogens with one attached hydrogen (secondary N) is 1. The highest BCUT2D eigenvalue weighted by Crippen LogP contribution is 2.46. The number of methoxy groups -OCH3 is 1. The first-order chi connectivity index (χ1) is 13.1. The molecule has 1 unspecified atom stereocenters. The van der Waals surface area contributed by atoms with Crippen LogP contribution >= 0.6 is 0 Å². The van der Waals surface area contributed by atoms with Crippen molar-refractivity contribution in [2.24, 2.45) is 5.73 Å². The zero-order valence-corrected chi connectivity index (χ0v) is 14.3. The molecule has 4 rings (SSSR count). The fourth-order valence-corrected chi connectivity index (χ4v) is 3.19. The summed E-state index contributed by atoms with van der Waals surface area (Å²) >= 11 is 0. The maximum atomic E-state index is 9.92. The van der Waals surface area contributed by atoms with Gasteiger partial charge < -0.3 is 20.3 Å². The van der Waals surface area contributed by atoms with E-state index in [-0.39, 0.29) is 17.2 Å². The molecule has 0 aliphatic carbocycles. The number of pyridine rings is 1. The summed E-state index contributed by atoms with van der Waals surface area (Å²) in [6.45, 7) is 0. The molecule has 3 aromatic rings. The van der Waals surface area contributed by atoms with E-state index in [4.69, 9.17) is 15.2 Å². The van der Waals surface area contributed by atoms with Gasteiger partial charge in [0.2, 0.25) is 11.8 Å². The molecule has 0 radical (unpaired) electrons. The summed E-state index contributed by atoms with van der Waals surface area (Å²) in [6, 6.07) is 10.7. The second kappa shape index (κ2) is 6.38. The molecular weight excluding hydrogens is 346 g/mol. The average Bonchev–Trinajstić information content (AvgIpc) is 3.11. The van der Waals surface area contributed by atoms with Crippen LogP contribution in [0.1, 0.15) is 17.0 Å². The Balaban J connectivity index is 1.96. The van der Waals surface area contributed by atoms with Gasteiger partial charge in [0.1, 0.15) is 11.6 Å². The van der Waals surface area contributed by atoms with Crippen molar-refractivity contribution in [3.63, 3.8) is 0 Å². The van der Waals surface area contributed by atoms with Gasteiger partial charge in [-0.25, -0.2) is 0 Å². The van der Waals surface area contributed by atoms with E-state index >= 15 is 0 Å². The van der Waals surface area contributed by atoms with Crippen LogP contribution in [0.25, 0.3) is 11.3 Å². The Kier molecular flexibility index (Phi) is 3.90. The number of nitrogens with zero attached hydrogens (tertiary/aromatic N) is 3. The smallest absolute Gasteiger partial charge is 0.244 e. The molecule has 0 spiro atoms. The maximum Gasteiger partial charge on any atom is 0.244 e. The van der Waals surface area contributed by atoms with Crippen LogP contribution in [0.3, 0.4) is 0 Å². The molecule has 1 aliphatic rings. The fourth-order valence-electron chi connectivity index (χ4n) is 3.19. The van der Waals surface area contributed by atoms with Crippen molar-refractivity contribution in [2.75, 3.05) is 7.11 Å². The highest BCUT2D eigenvalue weighted by molar-refractivity contribution is 5.70. The number of rotatable bonds is 3. The Morgan fingerprint density at radius 1 is 1.30 bits per heavy atom. The van der Waals surface area contributed by atoms with Crippen molar-refractivity contribution in [3.05, 3.63) is 65.3 Å². The SMILES string of the molecule is COc1cc(C2C(C#N)=C(N)Oc3n[nH]c(-c4ccncc4)c32)ccc1O. The van der Waals surface area contributed by atoms with Crippen molar-refractivity contribution in [1.29, 1.82) is 5.26 Å². The molecule has 4 N–H and O–H groups in total. The minimum atomic E-state index is -0.532. The monoisotopic (exact) mass is 361 g/mol. The number of nitriles is 1. The first-order valence-corrected chi connectivity index (χ1v) is 8.07. The average molecular weight is 361 g/mol. The molecule has 134 valence electrons. The van der Waals surface area contributed by atoms with Crippen LogP contribution in [0.4, 0.5) is 0 Å². The summed E-state index contributed by atoms with van der Waals surface area (Å²) in [7, 11) is 1.46. The van der Waals surface area contributed by atoms with E-state index in [1.165, 1.54) is 13.2 Å². The Labute approximate surface area is 154 Å². The second-order valence-corrected chi connectivity index (χ2v) is 5.91. The van der Waals surface area contributed by atoms with Gasteiger partial charge in [0.15, 0.2) is 11.5 Å². The lowest BCUT2D eigenvalue weighted by molar-refractivity contribution is 0.371. The quantitative estimate of drug-likeness (QED) is 0.653. The van der Waals surface area contributed by atoms with Crippen molar-refractivity contribution >= 4 is 0 Å². The van der Waals surface area contributed by atoms with Gasteiger partial charge in [-0.2, -0.15) is 5.26 Å². The molecular formula is C19H15N5O3. The number of hydrogen-bond acceptors (Lipinski definition) is 7. The van der Waals surface area contributed by atoms with Gasteiger partial charge >= 0.3 is 0 Å². The van der Waals surface area contributed by atoms with E-state index in [9.17, 15) is 10.4 Å². The Morgan fingerprint density at radius 2 is 2.07 bits per heavy atom. The summed E-state index contributed by atoms with van der Waals surface area (Å²) in [5, 5.41) is 26.8. The van der Waals surface area contributed by atoms with Crippen LogP contribution in [0.2, 0.25) is 0 Å². The molecule has 27 heavy (non-hydrogen) atoms. The van der Waals surface area contributed by atoms with E-state index in [2.05, 4.69) is 21.3 Å². The Bertz CT molecular complexity index is 1080. The first-order valence-electron chi connectivity index (χ1n) is 8.07. The van der Waals surface area contributed by atoms with Crippen molar-refractivity contribution < 1.29 is 14.6 Å². The van der Waals surface area contributed by atoms with Crippen LogP contribution in [0.15, 0.2) is 54.2 Å². The van der Waals surface area contributed by atoms with Crippen LogP contribution in [-0.2, 0) is 0 Å². The van der Waals surface area contributed by atoms with Gasteiger partial charge in [-0.1, -0.05) is 6.07 Å². The molecule has 0 amide bonds. The number of aromatic amines is 1. The summed E-state index contributed by atoms with van der Waals surface area (Å²) in [5.41, 5.74) is 9.16. The number of phenolic OH excluding ortho intramolecular Hbond substituents is 1. The molecule has 0 saturated carbocycles. The first kappa shape index (κ1) is 16.5. The molecule has 0 bridgehead atoms. The van der Waals surface area contributed by atoms with E-state index in [1.54, 1.807) is 24.5 Å². The predicted octanol–water partition coefficient (Wildman–Crippen LogP) is 2.40. The number of benzene rings is 1. The number of fused-ring (bicyclic) bond motifs is 1. The van der Waals surface area contributed by atoms with E-state index in [0.29, 0.717) is 28.5 Å².